The third-order valence-electron chi connectivity index (χ3n) is 2.94. The Labute approximate surface area is 132 Å². The first-order valence-corrected chi connectivity index (χ1v) is 6.92. The molecule has 0 atom stereocenters. The van der Waals surface area contributed by atoms with E-state index in [1.54, 1.807) is 30.3 Å². The van der Waals surface area contributed by atoms with Gasteiger partial charge in [-0.05, 0) is 35.9 Å². The lowest BCUT2D eigenvalue weighted by Crippen LogP contribution is -2.06. The Morgan fingerprint density at radius 3 is 2.57 bits per heavy atom. The maximum atomic E-state index is 11.4. The Morgan fingerprint density at radius 1 is 1.19 bits per heavy atom. The average Bonchev–Trinajstić information content (AvgIpc) is 2.48. The Balaban J connectivity index is 2.09. The summed E-state index contributed by atoms with van der Waals surface area (Å²) in [7, 11) is 1.33. The standard InChI is InChI=1S/C15H14Cl2N2O2/c1-21-15(20)10-3-5-14(13(18)7-10)19-8-9-2-4-11(16)12(17)6-9/h2-7,19H,8,18H2,1H3. The van der Waals surface area contributed by atoms with Crippen LogP contribution >= 0.6 is 23.2 Å². The molecule has 0 aliphatic heterocycles. The molecule has 0 saturated heterocycles. The van der Waals surface area contributed by atoms with Gasteiger partial charge in [0.2, 0.25) is 0 Å². The number of halogens is 2. The molecule has 0 heterocycles. The predicted molar refractivity (Wildman–Crippen MR) is 86.0 cm³/mol. The molecule has 0 fully saturated rings. The fourth-order valence-electron chi connectivity index (χ4n) is 1.82. The summed E-state index contributed by atoms with van der Waals surface area (Å²) < 4.78 is 4.64. The number of carbonyl (C=O) groups is 1. The number of esters is 1. The molecule has 0 unspecified atom stereocenters. The summed E-state index contributed by atoms with van der Waals surface area (Å²) in [6.07, 6.45) is 0. The van der Waals surface area contributed by atoms with Gasteiger partial charge in [0, 0.05) is 6.54 Å². The van der Waals surface area contributed by atoms with Crippen molar-refractivity contribution in [3.63, 3.8) is 0 Å². The van der Waals surface area contributed by atoms with Crippen molar-refractivity contribution in [2.75, 3.05) is 18.2 Å². The van der Waals surface area contributed by atoms with Crippen molar-refractivity contribution < 1.29 is 9.53 Å². The molecule has 0 aliphatic rings. The Kier molecular flexibility index (Phi) is 4.94. The monoisotopic (exact) mass is 324 g/mol. The number of ether oxygens (including phenoxy) is 1. The van der Waals surface area contributed by atoms with Crippen LogP contribution in [0.4, 0.5) is 11.4 Å². The molecular formula is C15H14Cl2N2O2. The lowest BCUT2D eigenvalue weighted by atomic mass is 10.1. The summed E-state index contributed by atoms with van der Waals surface area (Å²) in [6.45, 7) is 0.540. The molecule has 0 saturated carbocycles. The first-order valence-electron chi connectivity index (χ1n) is 6.17. The van der Waals surface area contributed by atoms with Crippen molar-refractivity contribution >= 4 is 40.5 Å². The van der Waals surface area contributed by atoms with Gasteiger partial charge in [-0.1, -0.05) is 29.3 Å². The fraction of sp³-hybridized carbons (Fsp3) is 0.133. The van der Waals surface area contributed by atoms with Crippen LogP contribution in [0.15, 0.2) is 36.4 Å². The van der Waals surface area contributed by atoms with Crippen LogP contribution in [0.3, 0.4) is 0 Å². The van der Waals surface area contributed by atoms with E-state index >= 15 is 0 Å². The van der Waals surface area contributed by atoms with Gasteiger partial charge in [-0.3, -0.25) is 0 Å². The minimum Gasteiger partial charge on any atom is -0.465 e. The van der Waals surface area contributed by atoms with Crippen molar-refractivity contribution in [1.29, 1.82) is 0 Å². The molecule has 0 spiro atoms. The molecular weight excluding hydrogens is 311 g/mol. The second-order valence-corrected chi connectivity index (χ2v) is 5.21. The number of hydrogen-bond donors (Lipinski definition) is 2. The molecule has 0 aliphatic carbocycles. The molecule has 2 aromatic rings. The highest BCUT2D eigenvalue weighted by molar-refractivity contribution is 6.42. The van der Waals surface area contributed by atoms with Gasteiger partial charge in [0.25, 0.3) is 0 Å². The van der Waals surface area contributed by atoms with E-state index in [1.165, 1.54) is 7.11 Å². The fourth-order valence-corrected chi connectivity index (χ4v) is 2.14. The molecule has 2 rings (SSSR count). The van der Waals surface area contributed by atoms with Crippen LogP contribution in [0.2, 0.25) is 10.0 Å². The van der Waals surface area contributed by atoms with Gasteiger partial charge in [-0.25, -0.2) is 4.79 Å². The number of carbonyl (C=O) groups excluding carboxylic acids is 1. The second kappa shape index (κ2) is 6.70. The lowest BCUT2D eigenvalue weighted by molar-refractivity contribution is 0.0601. The number of benzene rings is 2. The van der Waals surface area contributed by atoms with E-state index in [-0.39, 0.29) is 0 Å². The predicted octanol–water partition coefficient (Wildman–Crippen LogP) is 3.97. The Morgan fingerprint density at radius 2 is 1.95 bits per heavy atom. The molecule has 4 nitrogen and oxygen atoms in total. The zero-order valence-electron chi connectivity index (χ0n) is 11.3. The highest BCUT2D eigenvalue weighted by Gasteiger charge is 2.08. The van der Waals surface area contributed by atoms with E-state index in [2.05, 4.69) is 10.1 Å². The Bertz CT molecular complexity index is 675. The largest absolute Gasteiger partial charge is 0.465 e. The summed E-state index contributed by atoms with van der Waals surface area (Å²) in [6, 6.07) is 10.4. The maximum Gasteiger partial charge on any atom is 0.337 e. The van der Waals surface area contributed by atoms with Crippen LogP contribution in [0.1, 0.15) is 15.9 Å². The highest BCUT2D eigenvalue weighted by Crippen LogP contribution is 2.24. The molecule has 0 amide bonds. The number of nitrogens with two attached hydrogens (primary N) is 1. The molecule has 110 valence electrons. The van der Waals surface area contributed by atoms with Crippen LogP contribution < -0.4 is 11.1 Å². The molecule has 0 bridgehead atoms. The molecule has 6 heteroatoms. The molecule has 2 aromatic carbocycles. The Hall–Kier alpha value is -1.91. The van der Waals surface area contributed by atoms with Crippen LogP contribution in [-0.2, 0) is 11.3 Å². The molecule has 21 heavy (non-hydrogen) atoms. The van der Waals surface area contributed by atoms with E-state index in [1.807, 2.05) is 6.07 Å². The molecule has 0 aromatic heterocycles. The van der Waals surface area contributed by atoms with E-state index in [0.717, 1.165) is 11.3 Å². The third kappa shape index (κ3) is 3.80. The average molecular weight is 325 g/mol. The molecule has 0 radical (unpaired) electrons. The van der Waals surface area contributed by atoms with Crippen molar-refractivity contribution in [1.82, 2.24) is 0 Å². The summed E-state index contributed by atoms with van der Waals surface area (Å²) >= 11 is 11.8. The minimum atomic E-state index is -0.419. The van der Waals surface area contributed by atoms with E-state index in [0.29, 0.717) is 27.8 Å². The topological polar surface area (TPSA) is 64.3 Å². The van der Waals surface area contributed by atoms with Crippen LogP contribution in [0.5, 0.6) is 0 Å². The van der Waals surface area contributed by atoms with Crippen molar-refractivity contribution in [3.8, 4) is 0 Å². The van der Waals surface area contributed by atoms with Gasteiger partial charge in [-0.15, -0.1) is 0 Å². The number of hydrogen-bond acceptors (Lipinski definition) is 4. The van der Waals surface area contributed by atoms with E-state index < -0.39 is 5.97 Å². The zero-order valence-corrected chi connectivity index (χ0v) is 12.8. The quantitative estimate of drug-likeness (QED) is 0.659. The number of nitrogens with one attached hydrogen (secondary N) is 1. The summed E-state index contributed by atoms with van der Waals surface area (Å²) in [4.78, 5) is 11.4. The second-order valence-electron chi connectivity index (χ2n) is 4.40. The van der Waals surface area contributed by atoms with E-state index in [9.17, 15) is 4.79 Å². The summed E-state index contributed by atoms with van der Waals surface area (Å²) in [5.74, 6) is -0.419. The highest BCUT2D eigenvalue weighted by atomic mass is 35.5. The smallest absolute Gasteiger partial charge is 0.337 e. The third-order valence-corrected chi connectivity index (χ3v) is 3.68. The van der Waals surface area contributed by atoms with Crippen molar-refractivity contribution in [2.24, 2.45) is 0 Å². The van der Waals surface area contributed by atoms with Crippen molar-refractivity contribution in [2.45, 2.75) is 6.54 Å². The zero-order chi connectivity index (χ0) is 15.4. The van der Waals surface area contributed by atoms with Crippen LogP contribution in [0.25, 0.3) is 0 Å². The first-order chi connectivity index (χ1) is 10.0. The SMILES string of the molecule is COC(=O)c1ccc(NCc2ccc(Cl)c(Cl)c2)c(N)c1. The van der Waals surface area contributed by atoms with Gasteiger partial charge >= 0.3 is 5.97 Å². The van der Waals surface area contributed by atoms with Crippen LogP contribution in [-0.4, -0.2) is 13.1 Å². The van der Waals surface area contributed by atoms with Gasteiger partial charge in [0.1, 0.15) is 0 Å². The van der Waals surface area contributed by atoms with Gasteiger partial charge < -0.3 is 15.8 Å². The summed E-state index contributed by atoms with van der Waals surface area (Å²) in [5.41, 5.74) is 8.50. The van der Waals surface area contributed by atoms with Crippen LogP contribution in [0, 0.1) is 0 Å². The normalized spacial score (nSPS) is 10.2. The molecule has 3 N–H and O–H groups in total. The minimum absolute atomic E-state index is 0.412. The van der Waals surface area contributed by atoms with Gasteiger partial charge in [0.05, 0.1) is 34.1 Å². The first kappa shape index (κ1) is 15.5. The number of methoxy groups -OCH3 is 1. The number of nitrogen functional groups attached to an aromatic ring is 1. The van der Waals surface area contributed by atoms with Gasteiger partial charge in [-0.2, -0.15) is 0 Å². The van der Waals surface area contributed by atoms with E-state index in [4.69, 9.17) is 28.9 Å². The van der Waals surface area contributed by atoms with Gasteiger partial charge in [0.15, 0.2) is 0 Å². The number of anilines is 2. The maximum absolute atomic E-state index is 11.4. The number of rotatable bonds is 4. The summed E-state index contributed by atoms with van der Waals surface area (Å²) in [5, 5.41) is 4.20. The lowest BCUT2D eigenvalue weighted by Gasteiger charge is -2.11. The van der Waals surface area contributed by atoms with Crippen molar-refractivity contribution in [3.05, 3.63) is 57.6 Å².